The van der Waals surface area contributed by atoms with E-state index in [1.54, 1.807) is 21.3 Å². The number of aromatic nitrogens is 2. The molecule has 0 bridgehead atoms. The molecule has 0 aliphatic carbocycles. The van der Waals surface area contributed by atoms with E-state index in [4.69, 9.17) is 14.2 Å². The van der Waals surface area contributed by atoms with Gasteiger partial charge in [-0.05, 0) is 65.4 Å². The number of fused-ring (bicyclic) bond motifs is 1. The smallest absolute Gasteiger partial charge is 0.273 e. The van der Waals surface area contributed by atoms with Gasteiger partial charge in [0.15, 0.2) is 11.5 Å². The van der Waals surface area contributed by atoms with E-state index in [1.807, 2.05) is 47.4 Å². The van der Waals surface area contributed by atoms with Gasteiger partial charge in [-0.2, -0.15) is 5.10 Å². The van der Waals surface area contributed by atoms with Gasteiger partial charge in [0, 0.05) is 17.7 Å². The van der Waals surface area contributed by atoms with E-state index in [9.17, 15) is 4.79 Å². The number of methoxy groups -OCH3 is 3. The van der Waals surface area contributed by atoms with Crippen molar-refractivity contribution in [2.24, 2.45) is 0 Å². The lowest BCUT2D eigenvalue weighted by atomic mass is 9.93. The van der Waals surface area contributed by atoms with Crippen molar-refractivity contribution >= 4 is 5.91 Å². The van der Waals surface area contributed by atoms with Crippen LogP contribution in [0.5, 0.6) is 17.2 Å². The summed E-state index contributed by atoms with van der Waals surface area (Å²) >= 11 is 0. The number of benzene rings is 3. The summed E-state index contributed by atoms with van der Waals surface area (Å²) in [6, 6.07) is 22.0. The molecule has 0 saturated heterocycles. The summed E-state index contributed by atoms with van der Waals surface area (Å²) in [5.41, 5.74) is 6.55. The van der Waals surface area contributed by atoms with Gasteiger partial charge in [0.05, 0.1) is 33.1 Å². The molecule has 1 aliphatic heterocycles. The first kappa shape index (κ1) is 25.4. The lowest BCUT2D eigenvalue weighted by Crippen LogP contribution is -2.31. The highest BCUT2D eigenvalue weighted by Crippen LogP contribution is 2.43. The third-order valence-electron chi connectivity index (χ3n) is 7.24. The molecule has 7 heteroatoms. The molecule has 5 rings (SSSR count). The van der Waals surface area contributed by atoms with Crippen molar-refractivity contribution in [1.29, 1.82) is 0 Å². The first-order valence-corrected chi connectivity index (χ1v) is 12.8. The van der Waals surface area contributed by atoms with E-state index < -0.39 is 0 Å². The molecule has 1 amide bonds. The molecule has 38 heavy (non-hydrogen) atoms. The van der Waals surface area contributed by atoms with E-state index in [1.165, 1.54) is 5.56 Å². The molecule has 1 N–H and O–H groups in total. The van der Waals surface area contributed by atoms with E-state index >= 15 is 0 Å². The number of carbonyl (C=O) groups excluding carboxylic acids is 1. The van der Waals surface area contributed by atoms with Crippen molar-refractivity contribution in [1.82, 2.24) is 15.1 Å². The highest BCUT2D eigenvalue weighted by Gasteiger charge is 2.42. The van der Waals surface area contributed by atoms with Crippen LogP contribution in [-0.2, 0) is 6.42 Å². The Bertz CT molecular complexity index is 1420. The van der Waals surface area contributed by atoms with Crippen LogP contribution in [0.1, 0.15) is 58.5 Å². The zero-order chi connectivity index (χ0) is 26.8. The number of nitrogens with zero attached hydrogens (tertiary/aromatic N) is 2. The maximum absolute atomic E-state index is 13.7. The Morgan fingerprint density at radius 1 is 0.895 bits per heavy atom. The highest BCUT2D eigenvalue weighted by atomic mass is 16.5. The van der Waals surface area contributed by atoms with Gasteiger partial charge in [0.2, 0.25) is 0 Å². The number of hydrogen-bond donors (Lipinski definition) is 1. The summed E-state index contributed by atoms with van der Waals surface area (Å²) in [4.78, 5) is 15.7. The lowest BCUT2D eigenvalue weighted by Gasteiger charge is -2.27. The Balaban J connectivity index is 1.52. The minimum Gasteiger partial charge on any atom is -0.497 e. The Morgan fingerprint density at radius 3 is 2.24 bits per heavy atom. The Kier molecular flexibility index (Phi) is 7.09. The van der Waals surface area contributed by atoms with Crippen LogP contribution >= 0.6 is 0 Å². The molecule has 0 radical (unpaired) electrons. The summed E-state index contributed by atoms with van der Waals surface area (Å²) in [5.74, 6) is 2.51. The number of ether oxygens (including phenoxy) is 3. The van der Waals surface area contributed by atoms with Crippen LogP contribution in [0.15, 0.2) is 66.7 Å². The second kappa shape index (κ2) is 10.6. The first-order chi connectivity index (χ1) is 18.4. The molecular formula is C31H33N3O4. The molecule has 1 aromatic heterocycles. The van der Waals surface area contributed by atoms with Gasteiger partial charge in [-0.25, -0.2) is 0 Å². The number of H-pyrrole nitrogens is 1. The van der Waals surface area contributed by atoms with Gasteiger partial charge in [-0.15, -0.1) is 0 Å². The topological polar surface area (TPSA) is 76.7 Å². The number of amides is 1. The van der Waals surface area contributed by atoms with E-state index in [-0.39, 0.29) is 11.9 Å². The average Bonchev–Trinajstić information content (AvgIpc) is 3.50. The molecule has 7 nitrogen and oxygen atoms in total. The van der Waals surface area contributed by atoms with Crippen LogP contribution in [-0.4, -0.2) is 48.9 Å². The standard InChI is InChI=1S/C31H33N3O4/c1-19(2)21-7-9-23(10-8-21)30-27-28(22-11-13-24(36-3)14-12-22)32-33-29(27)31(35)34(30)17-16-20-6-15-25(37-4)26(18-20)38-5/h6-15,18-19,30H,16-17H2,1-5H3,(H,32,33). The van der Waals surface area contributed by atoms with E-state index in [0.29, 0.717) is 36.1 Å². The van der Waals surface area contributed by atoms with Gasteiger partial charge in [0.1, 0.15) is 11.4 Å². The minimum absolute atomic E-state index is 0.0503. The number of rotatable bonds is 9. The van der Waals surface area contributed by atoms with Crippen molar-refractivity contribution in [2.45, 2.75) is 32.2 Å². The number of nitrogens with one attached hydrogen (secondary N) is 1. The Labute approximate surface area is 223 Å². The SMILES string of the molecule is COc1ccc(-c2n[nH]c3c2C(c2ccc(C(C)C)cc2)N(CCc2ccc(OC)c(OC)c2)C3=O)cc1. The summed E-state index contributed by atoms with van der Waals surface area (Å²) in [6.45, 7) is 4.90. The molecule has 0 spiro atoms. The van der Waals surface area contributed by atoms with Gasteiger partial charge >= 0.3 is 0 Å². The molecule has 1 unspecified atom stereocenters. The van der Waals surface area contributed by atoms with Gasteiger partial charge in [-0.3, -0.25) is 9.89 Å². The summed E-state index contributed by atoms with van der Waals surface area (Å²) in [5, 5.41) is 7.63. The van der Waals surface area contributed by atoms with Crippen LogP contribution in [0.3, 0.4) is 0 Å². The normalized spacial score (nSPS) is 14.6. The lowest BCUT2D eigenvalue weighted by molar-refractivity contribution is 0.0746. The first-order valence-electron chi connectivity index (χ1n) is 12.8. The molecule has 1 atom stereocenters. The molecular weight excluding hydrogens is 478 g/mol. The second-order valence-corrected chi connectivity index (χ2v) is 9.75. The van der Waals surface area contributed by atoms with Gasteiger partial charge in [-0.1, -0.05) is 44.2 Å². The van der Waals surface area contributed by atoms with E-state index in [0.717, 1.165) is 33.7 Å². The molecule has 3 aromatic carbocycles. The second-order valence-electron chi connectivity index (χ2n) is 9.75. The maximum Gasteiger partial charge on any atom is 0.273 e. The van der Waals surface area contributed by atoms with Crippen LogP contribution in [0.2, 0.25) is 0 Å². The summed E-state index contributed by atoms with van der Waals surface area (Å²) in [6.07, 6.45) is 0.669. The summed E-state index contributed by atoms with van der Waals surface area (Å²) in [7, 11) is 4.90. The molecule has 2 heterocycles. The zero-order valence-corrected chi connectivity index (χ0v) is 22.4. The third kappa shape index (κ3) is 4.60. The quantitative estimate of drug-likeness (QED) is 0.298. The average molecular weight is 512 g/mol. The number of hydrogen-bond acceptors (Lipinski definition) is 5. The fourth-order valence-corrected chi connectivity index (χ4v) is 5.09. The maximum atomic E-state index is 13.7. The van der Waals surface area contributed by atoms with Crippen molar-refractivity contribution in [3.05, 3.63) is 94.7 Å². The number of carbonyl (C=O) groups is 1. The van der Waals surface area contributed by atoms with Gasteiger partial charge in [0.25, 0.3) is 5.91 Å². The fraction of sp³-hybridized carbons (Fsp3) is 0.290. The van der Waals surface area contributed by atoms with Crippen LogP contribution in [0.25, 0.3) is 11.3 Å². The molecule has 4 aromatic rings. The van der Waals surface area contributed by atoms with Crippen molar-refractivity contribution in [2.75, 3.05) is 27.9 Å². The third-order valence-corrected chi connectivity index (χ3v) is 7.24. The predicted octanol–water partition coefficient (Wildman–Crippen LogP) is 6.01. The molecule has 1 aliphatic rings. The minimum atomic E-state index is -0.255. The summed E-state index contributed by atoms with van der Waals surface area (Å²) < 4.78 is 16.2. The highest BCUT2D eigenvalue weighted by molar-refractivity contribution is 6.00. The molecule has 196 valence electrons. The van der Waals surface area contributed by atoms with Crippen molar-refractivity contribution < 1.29 is 19.0 Å². The van der Waals surface area contributed by atoms with Crippen LogP contribution < -0.4 is 14.2 Å². The van der Waals surface area contributed by atoms with Crippen molar-refractivity contribution in [3.8, 4) is 28.5 Å². The number of aromatic amines is 1. The van der Waals surface area contributed by atoms with E-state index in [2.05, 4.69) is 48.3 Å². The predicted molar refractivity (Wildman–Crippen MR) is 147 cm³/mol. The monoisotopic (exact) mass is 511 g/mol. The van der Waals surface area contributed by atoms with Gasteiger partial charge < -0.3 is 19.1 Å². The molecule has 0 fully saturated rings. The fourth-order valence-electron chi connectivity index (χ4n) is 5.09. The van der Waals surface area contributed by atoms with Crippen LogP contribution in [0, 0.1) is 0 Å². The molecule has 0 saturated carbocycles. The largest absolute Gasteiger partial charge is 0.497 e. The zero-order valence-electron chi connectivity index (χ0n) is 22.4. The van der Waals surface area contributed by atoms with Crippen molar-refractivity contribution in [3.63, 3.8) is 0 Å². The Morgan fingerprint density at radius 2 is 1.61 bits per heavy atom. The van der Waals surface area contributed by atoms with Crippen LogP contribution in [0.4, 0.5) is 0 Å². The Hall–Kier alpha value is -4.26.